The van der Waals surface area contributed by atoms with Crippen LogP contribution in [-0.2, 0) is 4.79 Å². The van der Waals surface area contributed by atoms with E-state index in [0.29, 0.717) is 23.1 Å². The Morgan fingerprint density at radius 3 is 2.43 bits per heavy atom. The van der Waals surface area contributed by atoms with Crippen molar-refractivity contribution >= 4 is 35.1 Å². The zero-order valence-corrected chi connectivity index (χ0v) is 22.4. The van der Waals surface area contributed by atoms with Gasteiger partial charge in [-0.1, -0.05) is 29.3 Å². The third-order valence-corrected chi connectivity index (χ3v) is 8.89. The molecule has 2 aromatic carbocycles. The molecule has 2 saturated heterocycles. The highest BCUT2D eigenvalue weighted by molar-refractivity contribution is 6.42. The van der Waals surface area contributed by atoms with Gasteiger partial charge in [0, 0.05) is 38.5 Å². The van der Waals surface area contributed by atoms with Crippen LogP contribution in [0.15, 0.2) is 42.5 Å². The number of hydrogen-bond donors (Lipinski definition) is 1. The second-order valence-corrected chi connectivity index (χ2v) is 11.4. The number of Topliss-reactive ketones (excluding diaryl/α,β-unsaturated/α-hetero) is 1. The molecule has 1 amide bonds. The molecule has 1 saturated carbocycles. The smallest absolute Gasteiger partial charge is 0.410 e. The summed E-state index contributed by atoms with van der Waals surface area (Å²) in [6.45, 7) is 3.69. The van der Waals surface area contributed by atoms with Gasteiger partial charge < -0.3 is 15.0 Å². The summed E-state index contributed by atoms with van der Waals surface area (Å²) in [5.74, 6) is 0.132. The minimum absolute atomic E-state index is 0.0400. The van der Waals surface area contributed by atoms with Crippen LogP contribution in [0, 0.1) is 17.7 Å². The van der Waals surface area contributed by atoms with Gasteiger partial charge in [-0.05, 0) is 86.7 Å². The molecule has 0 aromatic heterocycles. The summed E-state index contributed by atoms with van der Waals surface area (Å²) >= 11 is 12.5. The standard InChI is InChI=1S/C28H32Cl2FN3O3/c1-33(27(36)37-22-7-5-21(31)6-8-22)28(17-32-15-23(28)20-4-9-24(29)25(30)14-20)26(35)19-10-12-34(13-11-19)16-18-2-3-18/h4-9,14,18-19,23,32H,2-3,10-13,15-17H2,1H3/t23-,28+/m1/s1. The predicted octanol–water partition coefficient (Wildman–Crippen LogP) is 5.38. The first-order chi connectivity index (χ1) is 17.8. The summed E-state index contributed by atoms with van der Waals surface area (Å²) in [4.78, 5) is 31.8. The summed E-state index contributed by atoms with van der Waals surface area (Å²) in [5, 5.41) is 4.19. The Kier molecular flexibility index (Phi) is 7.78. The molecule has 0 bridgehead atoms. The van der Waals surface area contributed by atoms with Crippen molar-refractivity contribution in [2.45, 2.75) is 37.1 Å². The van der Waals surface area contributed by atoms with Crippen molar-refractivity contribution in [2.24, 2.45) is 11.8 Å². The van der Waals surface area contributed by atoms with Crippen LogP contribution in [-0.4, -0.2) is 67.0 Å². The number of likely N-dealkylation sites (N-methyl/N-ethyl adjacent to an activating group) is 1. The van der Waals surface area contributed by atoms with Crippen molar-refractivity contribution in [2.75, 3.05) is 39.8 Å². The Bertz CT molecular complexity index is 1150. The zero-order valence-electron chi connectivity index (χ0n) is 20.9. The Labute approximate surface area is 227 Å². The average molecular weight is 548 g/mol. The van der Waals surface area contributed by atoms with Crippen molar-refractivity contribution in [1.29, 1.82) is 0 Å². The molecule has 2 aromatic rings. The number of nitrogens with one attached hydrogen (secondary N) is 1. The minimum Gasteiger partial charge on any atom is -0.410 e. The van der Waals surface area contributed by atoms with Crippen LogP contribution in [0.4, 0.5) is 9.18 Å². The Morgan fingerprint density at radius 1 is 1.08 bits per heavy atom. The van der Waals surface area contributed by atoms with Crippen LogP contribution in [0.1, 0.15) is 37.2 Å². The lowest BCUT2D eigenvalue weighted by Gasteiger charge is -2.44. The van der Waals surface area contributed by atoms with Crippen LogP contribution in [0.3, 0.4) is 0 Å². The van der Waals surface area contributed by atoms with E-state index >= 15 is 0 Å². The fraction of sp³-hybridized carbons (Fsp3) is 0.500. The monoisotopic (exact) mass is 547 g/mol. The largest absolute Gasteiger partial charge is 0.415 e. The summed E-state index contributed by atoms with van der Waals surface area (Å²) in [6.07, 6.45) is 3.48. The summed E-state index contributed by atoms with van der Waals surface area (Å²) in [5.41, 5.74) is -0.335. The van der Waals surface area contributed by atoms with Gasteiger partial charge in [-0.3, -0.25) is 9.69 Å². The molecule has 5 rings (SSSR count). The van der Waals surface area contributed by atoms with Gasteiger partial charge in [-0.2, -0.15) is 0 Å². The maximum absolute atomic E-state index is 14.4. The third kappa shape index (κ3) is 5.51. The van der Waals surface area contributed by atoms with Gasteiger partial charge in [0.15, 0.2) is 5.78 Å². The quantitative estimate of drug-likeness (QED) is 0.504. The molecule has 3 fully saturated rings. The molecule has 1 N–H and O–H groups in total. The van der Waals surface area contributed by atoms with Gasteiger partial charge in [0.25, 0.3) is 0 Å². The van der Waals surface area contributed by atoms with Gasteiger partial charge in [-0.15, -0.1) is 0 Å². The molecule has 2 heterocycles. The molecule has 37 heavy (non-hydrogen) atoms. The molecule has 0 unspecified atom stereocenters. The average Bonchev–Trinajstić information content (AvgIpc) is 3.60. The van der Waals surface area contributed by atoms with Crippen LogP contribution in [0.5, 0.6) is 5.75 Å². The van der Waals surface area contributed by atoms with E-state index in [1.54, 1.807) is 19.2 Å². The summed E-state index contributed by atoms with van der Waals surface area (Å²) in [6, 6.07) is 10.6. The number of nitrogens with zero attached hydrogens (tertiary/aromatic N) is 2. The van der Waals surface area contributed by atoms with Crippen LogP contribution < -0.4 is 10.1 Å². The maximum atomic E-state index is 14.4. The normalized spacial score (nSPS) is 24.7. The number of piperidine rings is 1. The summed E-state index contributed by atoms with van der Waals surface area (Å²) < 4.78 is 19.0. The number of ketones is 1. The number of amides is 1. The molecule has 0 radical (unpaired) electrons. The van der Waals surface area contributed by atoms with Crippen LogP contribution in [0.2, 0.25) is 10.0 Å². The highest BCUT2D eigenvalue weighted by Gasteiger charge is 2.56. The third-order valence-electron chi connectivity index (χ3n) is 8.16. The second-order valence-electron chi connectivity index (χ2n) is 10.5. The number of carbonyl (C=O) groups excluding carboxylic acids is 2. The van der Waals surface area contributed by atoms with Crippen LogP contribution >= 0.6 is 23.2 Å². The molecule has 2 atom stereocenters. The molecule has 9 heteroatoms. The zero-order chi connectivity index (χ0) is 26.2. The van der Waals surface area contributed by atoms with Crippen LogP contribution in [0.25, 0.3) is 0 Å². The van der Waals surface area contributed by atoms with E-state index in [1.807, 2.05) is 6.07 Å². The van der Waals surface area contributed by atoms with Gasteiger partial charge in [0.05, 0.1) is 10.0 Å². The first kappa shape index (κ1) is 26.4. The lowest BCUT2D eigenvalue weighted by atomic mass is 9.72. The van der Waals surface area contributed by atoms with E-state index in [1.165, 1.54) is 42.0 Å². The van der Waals surface area contributed by atoms with Gasteiger partial charge in [0.2, 0.25) is 0 Å². The second kappa shape index (κ2) is 10.9. The maximum Gasteiger partial charge on any atom is 0.415 e. The predicted molar refractivity (Wildman–Crippen MR) is 142 cm³/mol. The van der Waals surface area contributed by atoms with Crippen molar-refractivity contribution in [3.8, 4) is 5.75 Å². The molecule has 1 aliphatic carbocycles. The lowest BCUT2D eigenvalue weighted by molar-refractivity contribution is -0.135. The first-order valence-electron chi connectivity index (χ1n) is 12.9. The summed E-state index contributed by atoms with van der Waals surface area (Å²) in [7, 11) is 1.61. The highest BCUT2D eigenvalue weighted by Crippen LogP contribution is 2.42. The SMILES string of the molecule is CN(C(=O)Oc1ccc(F)cc1)[C@@]1(C(=O)C2CCN(CC3CC3)CC2)CNC[C@@H]1c1ccc(Cl)c(Cl)c1. The molecular formula is C28H32Cl2FN3O3. The van der Waals surface area contributed by atoms with Gasteiger partial charge in [-0.25, -0.2) is 9.18 Å². The molecule has 2 aliphatic heterocycles. The van der Waals surface area contributed by atoms with E-state index in [-0.39, 0.29) is 23.4 Å². The number of benzene rings is 2. The van der Waals surface area contributed by atoms with E-state index < -0.39 is 17.4 Å². The van der Waals surface area contributed by atoms with Crippen molar-refractivity contribution < 1.29 is 18.7 Å². The van der Waals surface area contributed by atoms with Crippen molar-refractivity contribution in [3.63, 3.8) is 0 Å². The number of likely N-dealkylation sites (tertiary alicyclic amines) is 1. The number of rotatable bonds is 7. The molecule has 0 spiro atoms. The number of ether oxygens (including phenoxy) is 1. The molecule has 198 valence electrons. The number of hydrogen-bond acceptors (Lipinski definition) is 5. The Balaban J connectivity index is 1.43. The Hall–Kier alpha value is -2.19. The Morgan fingerprint density at radius 2 is 1.78 bits per heavy atom. The highest BCUT2D eigenvalue weighted by atomic mass is 35.5. The van der Waals surface area contributed by atoms with Crippen molar-refractivity contribution in [3.05, 3.63) is 63.9 Å². The fourth-order valence-corrected chi connectivity index (χ4v) is 6.14. The lowest BCUT2D eigenvalue weighted by Crippen LogP contribution is -2.62. The van der Waals surface area contributed by atoms with E-state index in [4.69, 9.17) is 27.9 Å². The molecule has 6 nitrogen and oxygen atoms in total. The molecule has 3 aliphatic rings. The fourth-order valence-electron chi connectivity index (χ4n) is 5.83. The van der Waals surface area contributed by atoms with E-state index in [0.717, 1.165) is 44.0 Å². The first-order valence-corrected chi connectivity index (χ1v) is 13.7. The number of carbonyl (C=O) groups is 2. The minimum atomic E-state index is -1.17. The number of halogens is 3. The van der Waals surface area contributed by atoms with Gasteiger partial charge >= 0.3 is 6.09 Å². The molecular weight excluding hydrogens is 516 g/mol. The van der Waals surface area contributed by atoms with Crippen molar-refractivity contribution in [1.82, 2.24) is 15.1 Å². The topological polar surface area (TPSA) is 61.9 Å². The van der Waals surface area contributed by atoms with E-state index in [2.05, 4.69) is 10.2 Å². The van der Waals surface area contributed by atoms with Gasteiger partial charge in [0.1, 0.15) is 17.1 Å². The van der Waals surface area contributed by atoms with E-state index in [9.17, 15) is 14.0 Å².